The molecule has 3 nitrogen and oxygen atoms in total. The Morgan fingerprint density at radius 2 is 1.95 bits per heavy atom. The Morgan fingerprint density at radius 1 is 1.25 bits per heavy atom. The molecule has 6 heteroatoms. The van der Waals surface area contributed by atoms with Crippen LogP contribution in [-0.2, 0) is 11.0 Å². The summed E-state index contributed by atoms with van der Waals surface area (Å²) in [6.07, 6.45) is 3.22. The lowest BCUT2D eigenvalue weighted by Gasteiger charge is -2.13. The number of halogens is 2. The average molecular weight is 329 g/mol. The van der Waals surface area contributed by atoms with Crippen LogP contribution < -0.4 is 0 Å². The van der Waals surface area contributed by atoms with Crippen molar-refractivity contribution in [3.63, 3.8) is 0 Å². The first-order chi connectivity index (χ1) is 9.29. The van der Waals surface area contributed by atoms with Gasteiger partial charge in [-0.2, -0.15) is 4.40 Å². The molecule has 0 radical (unpaired) electrons. The zero-order chi connectivity index (χ0) is 14.9. The van der Waals surface area contributed by atoms with Crippen LogP contribution in [0.1, 0.15) is 26.3 Å². The second-order valence-corrected chi connectivity index (χ2v) is 8.01. The van der Waals surface area contributed by atoms with Gasteiger partial charge in [-0.15, -0.1) is 0 Å². The molecular weight excluding hydrogens is 315 g/mol. The minimum absolute atomic E-state index is 0.381. The fraction of sp³-hybridized carbons (Fsp3) is 0.286. The third-order valence-electron chi connectivity index (χ3n) is 2.66. The quantitative estimate of drug-likeness (QED) is 0.604. The van der Waals surface area contributed by atoms with Crippen molar-refractivity contribution < 1.29 is 4.21 Å². The molecule has 0 unspecified atom stereocenters. The fourth-order valence-electron chi connectivity index (χ4n) is 1.58. The van der Waals surface area contributed by atoms with E-state index in [1.54, 1.807) is 24.5 Å². The highest BCUT2D eigenvalue weighted by Crippen LogP contribution is 2.27. The number of nitrogens with zero attached hydrogens (tertiary/aromatic N) is 2. The maximum absolute atomic E-state index is 12.0. The lowest BCUT2D eigenvalue weighted by atomic mass is 10.1. The summed E-state index contributed by atoms with van der Waals surface area (Å²) in [5.41, 5.74) is 0.811. The second-order valence-electron chi connectivity index (χ2n) is 5.29. The summed E-state index contributed by atoms with van der Waals surface area (Å²) >= 11 is 12.0. The molecule has 2 aromatic rings. The molecule has 2 rings (SSSR count). The van der Waals surface area contributed by atoms with Crippen molar-refractivity contribution in [3.8, 4) is 0 Å². The van der Waals surface area contributed by atoms with Crippen LogP contribution in [0, 0.1) is 0 Å². The Hall–Kier alpha value is -0.970. The largest absolute Gasteiger partial charge is 0.244 e. The van der Waals surface area contributed by atoms with Crippen molar-refractivity contribution in [1.29, 1.82) is 0 Å². The topological polar surface area (TPSA) is 42.3 Å². The predicted molar refractivity (Wildman–Crippen MR) is 87.3 cm³/mol. The van der Waals surface area contributed by atoms with Crippen molar-refractivity contribution in [2.75, 3.05) is 0 Å². The van der Waals surface area contributed by atoms with Gasteiger partial charge in [-0.1, -0.05) is 29.3 Å². The van der Waals surface area contributed by atoms with E-state index in [4.69, 9.17) is 23.2 Å². The standard InChI is InChI=1S/C14H14Cl2N2OS/c1-14(2,3)20(19)18-7-9-4-5-12(15)11-8-17-13(16)6-10(9)11/h4-8H,1-3H3/t20-/m1/s1. The predicted octanol–water partition coefficient (Wildman–Crippen LogP) is 4.42. The van der Waals surface area contributed by atoms with Crippen molar-refractivity contribution in [1.82, 2.24) is 4.98 Å². The number of hydrogen-bond donors (Lipinski definition) is 0. The first-order valence-corrected chi connectivity index (χ1v) is 7.85. The molecule has 106 valence electrons. The molecule has 1 atom stereocenters. The van der Waals surface area contributed by atoms with Gasteiger partial charge in [-0.25, -0.2) is 9.19 Å². The third kappa shape index (κ3) is 3.37. The highest BCUT2D eigenvalue weighted by molar-refractivity contribution is 7.85. The molecule has 20 heavy (non-hydrogen) atoms. The van der Waals surface area contributed by atoms with Gasteiger partial charge in [-0.05, 0) is 38.3 Å². The number of pyridine rings is 1. The van der Waals surface area contributed by atoms with Crippen LogP contribution in [0.5, 0.6) is 0 Å². The van der Waals surface area contributed by atoms with Gasteiger partial charge in [0.05, 0.1) is 4.75 Å². The molecule has 0 aliphatic heterocycles. The van der Waals surface area contributed by atoms with Crippen molar-refractivity contribution in [2.24, 2.45) is 4.40 Å². The molecule has 1 aromatic heterocycles. The van der Waals surface area contributed by atoms with E-state index >= 15 is 0 Å². The number of benzene rings is 1. The Bertz CT molecular complexity index is 708. The summed E-state index contributed by atoms with van der Waals surface area (Å²) in [4.78, 5) is 4.02. The zero-order valence-electron chi connectivity index (χ0n) is 11.4. The number of fused-ring (bicyclic) bond motifs is 1. The zero-order valence-corrected chi connectivity index (χ0v) is 13.7. The minimum atomic E-state index is -1.30. The number of hydrogen-bond acceptors (Lipinski definition) is 2. The highest BCUT2D eigenvalue weighted by Gasteiger charge is 2.18. The third-order valence-corrected chi connectivity index (χ3v) is 4.54. The smallest absolute Gasteiger partial charge is 0.144 e. The summed E-state index contributed by atoms with van der Waals surface area (Å²) in [6, 6.07) is 5.31. The van der Waals surface area contributed by atoms with Gasteiger partial charge < -0.3 is 0 Å². The molecule has 0 N–H and O–H groups in total. The van der Waals surface area contributed by atoms with Crippen LogP contribution in [0.25, 0.3) is 10.8 Å². The van der Waals surface area contributed by atoms with Gasteiger partial charge in [0.2, 0.25) is 0 Å². The molecule has 0 amide bonds. The summed E-state index contributed by atoms with van der Waals surface area (Å²) in [7, 11) is -1.30. The summed E-state index contributed by atoms with van der Waals surface area (Å²) in [5, 5.41) is 2.61. The van der Waals surface area contributed by atoms with Crippen LogP contribution in [-0.4, -0.2) is 20.2 Å². The average Bonchev–Trinajstić information content (AvgIpc) is 2.36. The SMILES string of the molecule is CC(C)(C)[S@@](=O)N=Cc1ccc(Cl)c2cnc(Cl)cc12. The Kier molecular flexibility index (Phi) is 4.47. The maximum atomic E-state index is 12.0. The van der Waals surface area contributed by atoms with E-state index in [0.717, 1.165) is 16.3 Å². The molecular formula is C14H14Cl2N2OS. The lowest BCUT2D eigenvalue weighted by Crippen LogP contribution is -2.19. The van der Waals surface area contributed by atoms with E-state index in [9.17, 15) is 4.21 Å². The van der Waals surface area contributed by atoms with E-state index in [-0.39, 0.29) is 0 Å². The molecule has 0 aliphatic carbocycles. The highest BCUT2D eigenvalue weighted by atomic mass is 35.5. The fourth-order valence-corrected chi connectivity index (χ4v) is 2.47. The first-order valence-electron chi connectivity index (χ1n) is 5.99. The molecule has 0 bridgehead atoms. The summed E-state index contributed by atoms with van der Waals surface area (Å²) in [6.45, 7) is 5.63. The Labute approximate surface area is 130 Å². The van der Waals surface area contributed by atoms with Gasteiger partial charge in [0.25, 0.3) is 0 Å². The number of rotatable bonds is 2. The molecule has 1 heterocycles. The van der Waals surface area contributed by atoms with Gasteiger partial charge in [0.1, 0.15) is 16.1 Å². The van der Waals surface area contributed by atoms with Crippen LogP contribution in [0.4, 0.5) is 0 Å². The second kappa shape index (κ2) is 5.80. The van der Waals surface area contributed by atoms with Gasteiger partial charge >= 0.3 is 0 Å². The van der Waals surface area contributed by atoms with Crippen LogP contribution in [0.3, 0.4) is 0 Å². The summed E-state index contributed by atoms with van der Waals surface area (Å²) in [5.74, 6) is 0. The molecule has 0 saturated carbocycles. The molecule has 0 aliphatic rings. The molecule has 0 saturated heterocycles. The molecule has 1 aromatic carbocycles. The van der Waals surface area contributed by atoms with E-state index < -0.39 is 15.7 Å². The molecule has 0 fully saturated rings. The maximum Gasteiger partial charge on any atom is 0.144 e. The minimum Gasteiger partial charge on any atom is -0.244 e. The van der Waals surface area contributed by atoms with E-state index in [0.29, 0.717) is 10.2 Å². The van der Waals surface area contributed by atoms with Crippen molar-refractivity contribution in [2.45, 2.75) is 25.5 Å². The van der Waals surface area contributed by atoms with Crippen molar-refractivity contribution in [3.05, 3.63) is 40.1 Å². The first kappa shape index (κ1) is 15.4. The van der Waals surface area contributed by atoms with Gasteiger partial charge in [0, 0.05) is 28.4 Å². The normalized spacial score (nSPS) is 14.1. The Balaban J connectivity index is 2.51. The number of aromatic nitrogens is 1. The van der Waals surface area contributed by atoms with E-state index in [1.807, 2.05) is 26.8 Å². The summed E-state index contributed by atoms with van der Waals surface area (Å²) < 4.78 is 15.7. The van der Waals surface area contributed by atoms with Gasteiger partial charge in [-0.3, -0.25) is 0 Å². The monoisotopic (exact) mass is 328 g/mol. The van der Waals surface area contributed by atoms with Crippen LogP contribution in [0.15, 0.2) is 28.8 Å². The Morgan fingerprint density at radius 3 is 2.60 bits per heavy atom. The lowest BCUT2D eigenvalue weighted by molar-refractivity contribution is 0.651. The van der Waals surface area contributed by atoms with Crippen LogP contribution in [0.2, 0.25) is 10.2 Å². The van der Waals surface area contributed by atoms with Crippen molar-refractivity contribution >= 4 is 51.2 Å². The van der Waals surface area contributed by atoms with E-state index in [2.05, 4.69) is 9.38 Å². The van der Waals surface area contributed by atoms with E-state index in [1.165, 1.54) is 0 Å². The van der Waals surface area contributed by atoms with Gasteiger partial charge in [0.15, 0.2) is 0 Å². The van der Waals surface area contributed by atoms with Crippen LogP contribution >= 0.6 is 23.2 Å². The molecule has 0 spiro atoms.